The summed E-state index contributed by atoms with van der Waals surface area (Å²) in [5.74, 6) is -0.999. The predicted octanol–water partition coefficient (Wildman–Crippen LogP) is 1.49. The van der Waals surface area contributed by atoms with Crippen molar-refractivity contribution < 1.29 is 14.6 Å². The first kappa shape index (κ1) is 12.7. The zero-order chi connectivity index (χ0) is 12.5. The Bertz CT molecular complexity index is 390. The van der Waals surface area contributed by atoms with Crippen molar-refractivity contribution in [3.05, 3.63) is 17.5 Å². The molecule has 1 aromatic rings. The van der Waals surface area contributed by atoms with Crippen LogP contribution in [0.1, 0.15) is 38.1 Å². The number of rotatable bonds is 3. The third-order valence-corrected chi connectivity index (χ3v) is 2.31. The molecule has 0 aliphatic carbocycles. The lowest BCUT2D eigenvalue weighted by Gasteiger charge is -2.19. The number of aryl methyl sites for hydroxylation is 1. The number of hydrogen-bond acceptors (Lipinski definition) is 3. The Morgan fingerprint density at radius 3 is 2.50 bits per heavy atom. The molecule has 1 rings (SSSR count). The van der Waals surface area contributed by atoms with Gasteiger partial charge in [-0.2, -0.15) is 5.10 Å². The molecule has 0 aliphatic rings. The third-order valence-electron chi connectivity index (χ3n) is 2.31. The largest absolute Gasteiger partial charge is 0.479 e. The van der Waals surface area contributed by atoms with Gasteiger partial charge in [0, 0.05) is 31.3 Å². The van der Waals surface area contributed by atoms with Crippen molar-refractivity contribution in [2.45, 2.75) is 32.3 Å². The first-order valence-electron chi connectivity index (χ1n) is 5.07. The van der Waals surface area contributed by atoms with E-state index < -0.39 is 12.1 Å². The van der Waals surface area contributed by atoms with Crippen LogP contribution in [0.4, 0.5) is 0 Å². The maximum absolute atomic E-state index is 11.1. The maximum atomic E-state index is 11.1. The summed E-state index contributed by atoms with van der Waals surface area (Å²) in [5, 5.41) is 13.4. The van der Waals surface area contributed by atoms with Crippen LogP contribution in [0.2, 0.25) is 0 Å². The molecule has 1 atom stereocenters. The molecule has 0 radical (unpaired) electrons. The van der Waals surface area contributed by atoms with Crippen LogP contribution in [0.25, 0.3) is 0 Å². The average Bonchev–Trinajstić information content (AvgIpc) is 2.47. The SMILES string of the molecule is COC(C(=O)O)c1cn(C)nc1C(C)(C)C. The number of aliphatic carboxylic acids is 1. The van der Waals surface area contributed by atoms with Gasteiger partial charge >= 0.3 is 5.97 Å². The minimum absolute atomic E-state index is 0.206. The highest BCUT2D eigenvalue weighted by Gasteiger charge is 2.30. The number of ether oxygens (including phenoxy) is 1. The summed E-state index contributed by atoms with van der Waals surface area (Å²) >= 11 is 0. The van der Waals surface area contributed by atoms with E-state index in [1.165, 1.54) is 7.11 Å². The van der Waals surface area contributed by atoms with Crippen molar-refractivity contribution in [2.75, 3.05) is 7.11 Å². The third kappa shape index (κ3) is 2.41. The van der Waals surface area contributed by atoms with Gasteiger partial charge in [-0.3, -0.25) is 4.68 Å². The Morgan fingerprint density at radius 1 is 1.56 bits per heavy atom. The van der Waals surface area contributed by atoms with Gasteiger partial charge in [0.15, 0.2) is 6.10 Å². The number of hydrogen-bond donors (Lipinski definition) is 1. The summed E-state index contributed by atoms with van der Waals surface area (Å²) in [6.45, 7) is 5.98. The normalized spacial score (nSPS) is 13.8. The molecule has 16 heavy (non-hydrogen) atoms. The minimum Gasteiger partial charge on any atom is -0.479 e. The van der Waals surface area contributed by atoms with Gasteiger partial charge in [0.2, 0.25) is 0 Å². The molecule has 90 valence electrons. The molecule has 0 fully saturated rings. The lowest BCUT2D eigenvalue weighted by molar-refractivity contribution is -0.148. The average molecular weight is 226 g/mol. The van der Waals surface area contributed by atoms with Crippen LogP contribution in [0.15, 0.2) is 6.20 Å². The molecule has 0 saturated carbocycles. The zero-order valence-corrected chi connectivity index (χ0v) is 10.3. The number of methoxy groups -OCH3 is 1. The lowest BCUT2D eigenvalue weighted by atomic mass is 9.88. The summed E-state index contributed by atoms with van der Waals surface area (Å²) in [7, 11) is 3.16. The number of aromatic nitrogens is 2. The van der Waals surface area contributed by atoms with Gasteiger partial charge in [-0.15, -0.1) is 0 Å². The second-order valence-electron chi connectivity index (χ2n) is 4.81. The van der Waals surface area contributed by atoms with Crippen LogP contribution in [0, 0.1) is 0 Å². The topological polar surface area (TPSA) is 64.3 Å². The quantitative estimate of drug-likeness (QED) is 0.848. The van der Waals surface area contributed by atoms with Crippen molar-refractivity contribution in [3.8, 4) is 0 Å². The maximum Gasteiger partial charge on any atom is 0.337 e. The fourth-order valence-electron chi connectivity index (χ4n) is 1.64. The summed E-state index contributed by atoms with van der Waals surface area (Å²) in [6, 6.07) is 0. The summed E-state index contributed by atoms with van der Waals surface area (Å²) in [6.07, 6.45) is 0.742. The van der Waals surface area contributed by atoms with Crippen LogP contribution in [0.5, 0.6) is 0 Å². The van der Waals surface area contributed by atoms with Crippen molar-refractivity contribution in [3.63, 3.8) is 0 Å². The van der Waals surface area contributed by atoms with Gasteiger partial charge in [0.25, 0.3) is 0 Å². The first-order valence-corrected chi connectivity index (χ1v) is 5.07. The van der Waals surface area contributed by atoms with Crippen molar-refractivity contribution in [1.82, 2.24) is 9.78 Å². The highest BCUT2D eigenvalue weighted by Crippen LogP contribution is 2.29. The Balaban J connectivity index is 3.27. The second-order valence-corrected chi connectivity index (χ2v) is 4.81. The van der Waals surface area contributed by atoms with Gasteiger partial charge < -0.3 is 9.84 Å². The van der Waals surface area contributed by atoms with E-state index >= 15 is 0 Å². The molecule has 0 aliphatic heterocycles. The van der Waals surface area contributed by atoms with E-state index in [4.69, 9.17) is 9.84 Å². The molecule has 1 heterocycles. The van der Waals surface area contributed by atoms with Crippen LogP contribution in [-0.4, -0.2) is 28.0 Å². The Labute approximate surface area is 95.0 Å². The Morgan fingerprint density at radius 2 is 2.12 bits per heavy atom. The molecule has 0 amide bonds. The number of carbonyl (C=O) groups is 1. The molecular weight excluding hydrogens is 208 g/mol. The van der Waals surface area contributed by atoms with Crippen LogP contribution < -0.4 is 0 Å². The summed E-state index contributed by atoms with van der Waals surface area (Å²) in [4.78, 5) is 11.1. The van der Waals surface area contributed by atoms with Gasteiger partial charge in [0.05, 0.1) is 5.69 Å². The van der Waals surface area contributed by atoms with Crippen LogP contribution in [-0.2, 0) is 22.0 Å². The number of carboxylic acids is 1. The van der Waals surface area contributed by atoms with Crippen molar-refractivity contribution >= 4 is 5.97 Å². The molecule has 0 bridgehead atoms. The molecule has 1 aromatic heterocycles. The fraction of sp³-hybridized carbons (Fsp3) is 0.636. The lowest BCUT2D eigenvalue weighted by Crippen LogP contribution is -2.20. The second kappa shape index (κ2) is 4.25. The van der Waals surface area contributed by atoms with Gasteiger partial charge in [-0.05, 0) is 0 Å². The molecule has 0 saturated heterocycles. The predicted molar refractivity (Wildman–Crippen MR) is 59.3 cm³/mol. The van der Waals surface area contributed by atoms with E-state index in [1.807, 2.05) is 20.8 Å². The van der Waals surface area contributed by atoms with Gasteiger partial charge in [-0.25, -0.2) is 4.79 Å². The van der Waals surface area contributed by atoms with E-state index in [0.29, 0.717) is 5.56 Å². The molecule has 0 aromatic carbocycles. The van der Waals surface area contributed by atoms with E-state index in [2.05, 4.69) is 5.10 Å². The molecule has 5 nitrogen and oxygen atoms in total. The van der Waals surface area contributed by atoms with E-state index in [0.717, 1.165) is 5.69 Å². The number of nitrogens with zero attached hydrogens (tertiary/aromatic N) is 2. The van der Waals surface area contributed by atoms with E-state index in [1.54, 1.807) is 17.9 Å². The zero-order valence-electron chi connectivity index (χ0n) is 10.3. The first-order chi connectivity index (χ1) is 7.27. The van der Waals surface area contributed by atoms with Crippen molar-refractivity contribution in [2.24, 2.45) is 7.05 Å². The molecular formula is C11H18N2O3. The highest BCUT2D eigenvalue weighted by atomic mass is 16.5. The van der Waals surface area contributed by atoms with Gasteiger partial charge in [0.1, 0.15) is 0 Å². The minimum atomic E-state index is -0.999. The standard InChI is InChI=1S/C11H18N2O3/c1-11(2,3)9-7(6-13(4)12-9)8(16-5)10(14)15/h6,8H,1-5H3,(H,14,15). The smallest absolute Gasteiger partial charge is 0.337 e. The van der Waals surface area contributed by atoms with Crippen LogP contribution >= 0.6 is 0 Å². The van der Waals surface area contributed by atoms with E-state index in [-0.39, 0.29) is 5.41 Å². The molecule has 0 spiro atoms. The van der Waals surface area contributed by atoms with E-state index in [9.17, 15) is 4.79 Å². The molecule has 5 heteroatoms. The van der Waals surface area contributed by atoms with Crippen molar-refractivity contribution in [1.29, 1.82) is 0 Å². The van der Waals surface area contributed by atoms with Gasteiger partial charge in [-0.1, -0.05) is 20.8 Å². The molecule has 1 N–H and O–H groups in total. The molecule has 1 unspecified atom stereocenters. The number of carboxylic acid groups (broad SMARTS) is 1. The van der Waals surface area contributed by atoms with Crippen LogP contribution in [0.3, 0.4) is 0 Å². The Kier molecular flexibility index (Phi) is 3.38. The summed E-state index contributed by atoms with van der Waals surface area (Å²) < 4.78 is 6.61. The Hall–Kier alpha value is -1.36. The fourth-order valence-corrected chi connectivity index (χ4v) is 1.64. The summed E-state index contributed by atoms with van der Waals surface area (Å²) in [5.41, 5.74) is 1.16. The highest BCUT2D eigenvalue weighted by molar-refractivity contribution is 5.74. The monoisotopic (exact) mass is 226 g/mol.